The Morgan fingerprint density at radius 2 is 1.95 bits per heavy atom. The first-order valence-corrected chi connectivity index (χ1v) is 8.01. The van der Waals surface area contributed by atoms with Gasteiger partial charge >= 0.3 is 0 Å². The van der Waals surface area contributed by atoms with Gasteiger partial charge in [0.25, 0.3) is 0 Å². The molecule has 20 heavy (non-hydrogen) atoms. The Labute approximate surface area is 121 Å². The number of piperidine rings is 1. The number of carbonyl (C=O) groups excluding carboxylic acids is 1. The fourth-order valence-corrected chi connectivity index (χ4v) is 2.31. The van der Waals surface area contributed by atoms with Crippen molar-refractivity contribution in [3.63, 3.8) is 0 Å². The second-order valence-electron chi connectivity index (χ2n) is 5.79. The van der Waals surface area contributed by atoms with Crippen LogP contribution in [0, 0.1) is 5.92 Å². The van der Waals surface area contributed by atoms with Gasteiger partial charge < -0.3 is 20.1 Å². The van der Waals surface area contributed by atoms with Crippen molar-refractivity contribution < 1.29 is 14.3 Å². The van der Waals surface area contributed by atoms with E-state index in [1.54, 1.807) is 0 Å². The van der Waals surface area contributed by atoms with Crippen molar-refractivity contribution in [1.82, 2.24) is 10.6 Å². The lowest BCUT2D eigenvalue weighted by atomic mass is 10.1. The standard InChI is InChI=1S/C15H28N2O3/c18-15(6-11-20-14-4-8-16-9-5-14)17-7-1-10-19-12-13-2-3-13/h13-14,16H,1-12H2,(H,17,18). The molecule has 0 aromatic heterocycles. The van der Waals surface area contributed by atoms with E-state index in [4.69, 9.17) is 9.47 Å². The van der Waals surface area contributed by atoms with E-state index in [2.05, 4.69) is 10.6 Å². The maximum absolute atomic E-state index is 11.6. The van der Waals surface area contributed by atoms with E-state index in [1.807, 2.05) is 0 Å². The molecule has 1 saturated carbocycles. The molecular weight excluding hydrogens is 256 g/mol. The number of carbonyl (C=O) groups is 1. The Bertz CT molecular complexity index is 276. The molecule has 2 N–H and O–H groups in total. The molecule has 0 unspecified atom stereocenters. The lowest BCUT2D eigenvalue weighted by Crippen LogP contribution is -2.33. The van der Waals surface area contributed by atoms with Crippen LogP contribution in [0.25, 0.3) is 0 Å². The lowest BCUT2D eigenvalue weighted by molar-refractivity contribution is -0.122. The van der Waals surface area contributed by atoms with Crippen LogP contribution in [0.4, 0.5) is 0 Å². The minimum absolute atomic E-state index is 0.0844. The average Bonchev–Trinajstić information content (AvgIpc) is 3.28. The van der Waals surface area contributed by atoms with Gasteiger partial charge in [-0.2, -0.15) is 0 Å². The zero-order valence-electron chi connectivity index (χ0n) is 12.4. The molecule has 0 atom stereocenters. The van der Waals surface area contributed by atoms with Crippen LogP contribution in [0.2, 0.25) is 0 Å². The van der Waals surface area contributed by atoms with Crippen LogP contribution in [0.1, 0.15) is 38.5 Å². The fourth-order valence-electron chi connectivity index (χ4n) is 2.31. The van der Waals surface area contributed by atoms with Crippen molar-refractivity contribution in [2.75, 3.05) is 39.5 Å². The third kappa shape index (κ3) is 7.22. The van der Waals surface area contributed by atoms with E-state index in [0.29, 0.717) is 25.7 Å². The van der Waals surface area contributed by atoms with E-state index < -0.39 is 0 Å². The SMILES string of the molecule is O=C(CCOC1CCNCC1)NCCCOCC1CC1. The Balaban J connectivity index is 1.35. The molecule has 5 heteroatoms. The van der Waals surface area contributed by atoms with Crippen molar-refractivity contribution in [3.8, 4) is 0 Å². The summed E-state index contributed by atoms with van der Waals surface area (Å²) < 4.78 is 11.2. The quantitative estimate of drug-likeness (QED) is 0.589. The Morgan fingerprint density at radius 1 is 1.15 bits per heavy atom. The molecule has 1 saturated heterocycles. The van der Waals surface area contributed by atoms with Gasteiger partial charge in [-0.3, -0.25) is 4.79 Å². The topological polar surface area (TPSA) is 59.6 Å². The molecular formula is C15H28N2O3. The highest BCUT2D eigenvalue weighted by Gasteiger charge is 2.20. The number of nitrogens with one attached hydrogen (secondary N) is 2. The molecule has 2 rings (SSSR count). The van der Waals surface area contributed by atoms with Crippen LogP contribution in [0.3, 0.4) is 0 Å². The van der Waals surface area contributed by atoms with Gasteiger partial charge in [0, 0.05) is 26.2 Å². The van der Waals surface area contributed by atoms with Gasteiger partial charge in [0.05, 0.1) is 12.7 Å². The number of ether oxygens (including phenoxy) is 2. The Morgan fingerprint density at radius 3 is 2.70 bits per heavy atom. The minimum Gasteiger partial charge on any atom is -0.381 e. The van der Waals surface area contributed by atoms with E-state index in [-0.39, 0.29) is 5.91 Å². The first kappa shape index (κ1) is 15.7. The van der Waals surface area contributed by atoms with Crippen LogP contribution in [0.15, 0.2) is 0 Å². The van der Waals surface area contributed by atoms with E-state index in [9.17, 15) is 4.79 Å². The molecule has 116 valence electrons. The molecule has 0 aromatic rings. The highest BCUT2D eigenvalue weighted by Crippen LogP contribution is 2.28. The van der Waals surface area contributed by atoms with Gasteiger partial charge in [0.2, 0.25) is 5.91 Å². The van der Waals surface area contributed by atoms with Gasteiger partial charge in [-0.1, -0.05) is 0 Å². The Hall–Kier alpha value is -0.650. The molecule has 1 heterocycles. The van der Waals surface area contributed by atoms with E-state index in [1.165, 1.54) is 12.8 Å². The monoisotopic (exact) mass is 284 g/mol. The van der Waals surface area contributed by atoms with E-state index in [0.717, 1.165) is 51.5 Å². The first-order chi connectivity index (χ1) is 9.84. The maximum Gasteiger partial charge on any atom is 0.222 e. The Kier molecular flexibility index (Phi) is 7.33. The van der Waals surface area contributed by atoms with Crippen molar-refractivity contribution >= 4 is 5.91 Å². The van der Waals surface area contributed by atoms with Crippen molar-refractivity contribution in [2.45, 2.75) is 44.6 Å². The van der Waals surface area contributed by atoms with Gasteiger partial charge in [-0.15, -0.1) is 0 Å². The third-order valence-electron chi connectivity index (χ3n) is 3.81. The van der Waals surface area contributed by atoms with Crippen LogP contribution in [0.5, 0.6) is 0 Å². The first-order valence-electron chi connectivity index (χ1n) is 8.01. The molecule has 1 amide bonds. The molecule has 0 radical (unpaired) electrons. The van der Waals surface area contributed by atoms with Gasteiger partial charge in [0.1, 0.15) is 0 Å². The third-order valence-corrected chi connectivity index (χ3v) is 3.81. The molecule has 5 nitrogen and oxygen atoms in total. The van der Waals surface area contributed by atoms with Gasteiger partial charge in [-0.25, -0.2) is 0 Å². The zero-order chi connectivity index (χ0) is 14.0. The van der Waals surface area contributed by atoms with Crippen molar-refractivity contribution in [3.05, 3.63) is 0 Å². The predicted molar refractivity (Wildman–Crippen MR) is 77.6 cm³/mol. The summed E-state index contributed by atoms with van der Waals surface area (Å²) in [5.41, 5.74) is 0. The van der Waals surface area contributed by atoms with Gasteiger partial charge in [0.15, 0.2) is 0 Å². The minimum atomic E-state index is 0.0844. The van der Waals surface area contributed by atoms with Crippen LogP contribution in [-0.4, -0.2) is 51.5 Å². The second-order valence-corrected chi connectivity index (χ2v) is 5.79. The molecule has 0 bridgehead atoms. The number of amides is 1. The zero-order valence-corrected chi connectivity index (χ0v) is 12.4. The summed E-state index contributed by atoms with van der Waals surface area (Å²) in [4.78, 5) is 11.6. The highest BCUT2D eigenvalue weighted by molar-refractivity contribution is 5.75. The summed E-state index contributed by atoms with van der Waals surface area (Å²) in [5, 5.41) is 6.21. The summed E-state index contributed by atoms with van der Waals surface area (Å²) in [7, 11) is 0. The summed E-state index contributed by atoms with van der Waals surface area (Å²) in [6, 6.07) is 0. The van der Waals surface area contributed by atoms with Crippen LogP contribution in [-0.2, 0) is 14.3 Å². The molecule has 2 aliphatic rings. The second kappa shape index (κ2) is 9.32. The van der Waals surface area contributed by atoms with E-state index >= 15 is 0 Å². The van der Waals surface area contributed by atoms with Gasteiger partial charge in [-0.05, 0) is 51.1 Å². The molecule has 2 fully saturated rings. The summed E-state index contributed by atoms with van der Waals surface area (Å²) in [5.74, 6) is 0.901. The summed E-state index contributed by atoms with van der Waals surface area (Å²) in [6.07, 6.45) is 6.46. The molecule has 1 aliphatic carbocycles. The molecule has 1 aliphatic heterocycles. The largest absolute Gasteiger partial charge is 0.381 e. The number of hydrogen-bond donors (Lipinski definition) is 2. The number of hydrogen-bond acceptors (Lipinski definition) is 4. The molecule has 0 spiro atoms. The number of rotatable bonds is 10. The smallest absolute Gasteiger partial charge is 0.222 e. The van der Waals surface area contributed by atoms with Crippen LogP contribution < -0.4 is 10.6 Å². The summed E-state index contributed by atoms with van der Waals surface area (Å²) >= 11 is 0. The predicted octanol–water partition coefficient (Wildman–Crippen LogP) is 1.08. The lowest BCUT2D eigenvalue weighted by Gasteiger charge is -2.22. The highest BCUT2D eigenvalue weighted by atomic mass is 16.5. The summed E-state index contributed by atoms with van der Waals surface area (Å²) in [6.45, 7) is 4.95. The van der Waals surface area contributed by atoms with Crippen molar-refractivity contribution in [2.24, 2.45) is 5.92 Å². The molecule has 0 aromatic carbocycles. The fraction of sp³-hybridized carbons (Fsp3) is 0.933. The van der Waals surface area contributed by atoms with Crippen molar-refractivity contribution in [1.29, 1.82) is 0 Å². The normalized spacial score (nSPS) is 20.0. The average molecular weight is 284 g/mol. The van der Waals surface area contributed by atoms with Crippen LogP contribution >= 0.6 is 0 Å². The maximum atomic E-state index is 11.6.